The number of ether oxygens (including phenoxy) is 1. The van der Waals surface area contributed by atoms with Crippen molar-refractivity contribution in [1.82, 2.24) is 10.4 Å². The maximum Gasteiger partial charge on any atom is 0.204 e. The summed E-state index contributed by atoms with van der Waals surface area (Å²) in [7, 11) is 3.80. The number of amides is 1. The van der Waals surface area contributed by atoms with Gasteiger partial charge in [0.1, 0.15) is 17.2 Å². The molecule has 238 valence electrons. The van der Waals surface area contributed by atoms with Crippen molar-refractivity contribution in [1.29, 1.82) is 0 Å². The molecule has 0 spiro atoms. The lowest BCUT2D eigenvalue weighted by atomic mass is 9.82. The van der Waals surface area contributed by atoms with E-state index in [1.54, 1.807) is 25.3 Å². The molecule has 0 bridgehead atoms. The summed E-state index contributed by atoms with van der Waals surface area (Å²) in [6.07, 6.45) is 6.82. The molecule has 3 rings (SSSR count). The molecule has 1 fully saturated rings. The van der Waals surface area contributed by atoms with Crippen LogP contribution in [0.5, 0.6) is 0 Å². The molecule has 3 unspecified atom stereocenters. The van der Waals surface area contributed by atoms with Crippen molar-refractivity contribution in [3.8, 4) is 0 Å². The van der Waals surface area contributed by atoms with E-state index in [1.807, 2.05) is 13.8 Å². The van der Waals surface area contributed by atoms with Gasteiger partial charge in [0.05, 0.1) is 6.10 Å². The van der Waals surface area contributed by atoms with Gasteiger partial charge in [-0.05, 0) is 62.1 Å². The molecule has 0 aromatic heterocycles. The Bertz CT molecular complexity index is 1170. The second-order valence-electron chi connectivity index (χ2n) is 9.82. The third-order valence-electron chi connectivity index (χ3n) is 7.24. The van der Waals surface area contributed by atoms with Crippen LogP contribution >= 0.6 is 23.2 Å². The standard InChI is InChI=1S/C28H38Cl2N6O2.C2H6.CH3NO/c1-4-7-25(20-11-9-19(10-12-20)14-27(31)34-35-32)36(2)28(13-6-5-8-26(28)38-3)33-24(18-37)21-15-22(29)17-23(30)16-21;1-2;2-1-3/h9-12,15-18,25-26,35H,4-8,13-14,32H2,1-3H3,(H2,31,34);1-2H3;1H,(H2,2,3)/b33-24+;;. The lowest BCUT2D eigenvalue weighted by Gasteiger charge is -2.49. The van der Waals surface area contributed by atoms with Crippen LogP contribution in [0.2, 0.25) is 10.0 Å². The number of benzene rings is 2. The Morgan fingerprint density at radius 1 is 1.16 bits per heavy atom. The van der Waals surface area contributed by atoms with Crippen LogP contribution in [0.4, 0.5) is 0 Å². The highest BCUT2D eigenvalue weighted by Crippen LogP contribution is 2.42. The Hall–Kier alpha value is -3.02. The highest BCUT2D eigenvalue weighted by atomic mass is 35.5. The van der Waals surface area contributed by atoms with Crippen LogP contribution in [0.25, 0.3) is 0 Å². The number of hydrazine groups is 1. The molecule has 10 nitrogen and oxygen atoms in total. The van der Waals surface area contributed by atoms with Crippen molar-refractivity contribution in [2.45, 2.75) is 83.5 Å². The van der Waals surface area contributed by atoms with Crippen molar-refractivity contribution >= 4 is 47.4 Å². The third-order valence-corrected chi connectivity index (χ3v) is 7.68. The predicted molar refractivity (Wildman–Crippen MR) is 177 cm³/mol. The Morgan fingerprint density at radius 3 is 2.28 bits per heavy atom. The molecule has 0 saturated heterocycles. The Kier molecular flexibility index (Phi) is 17.7. The summed E-state index contributed by atoms with van der Waals surface area (Å²) in [5.41, 5.74) is 14.6. The van der Waals surface area contributed by atoms with Gasteiger partial charge in [-0.2, -0.15) is 5.10 Å². The van der Waals surface area contributed by atoms with Gasteiger partial charge in [0, 0.05) is 35.2 Å². The average molecular weight is 637 g/mol. The molecule has 1 aliphatic rings. The molecule has 3 atom stereocenters. The number of hydrogen-bond acceptors (Lipinski definition) is 8. The maximum atomic E-state index is 12.4. The van der Waals surface area contributed by atoms with E-state index in [-0.39, 0.29) is 18.6 Å². The van der Waals surface area contributed by atoms with Gasteiger partial charge in [-0.25, -0.2) is 11.4 Å². The van der Waals surface area contributed by atoms with Crippen LogP contribution in [-0.4, -0.2) is 55.1 Å². The first-order valence-corrected chi connectivity index (χ1v) is 15.2. The molecule has 1 aliphatic carbocycles. The van der Waals surface area contributed by atoms with Gasteiger partial charge in [-0.1, -0.05) is 81.1 Å². The van der Waals surface area contributed by atoms with Gasteiger partial charge < -0.3 is 16.2 Å². The number of likely N-dealkylation sites (N-methyl/N-ethyl adjacent to an activating group) is 1. The number of rotatable bonds is 12. The molecule has 2 aromatic carbocycles. The van der Waals surface area contributed by atoms with Gasteiger partial charge in [0.15, 0.2) is 6.29 Å². The molecule has 2 aromatic rings. The molecule has 0 radical (unpaired) electrons. The van der Waals surface area contributed by atoms with Crippen molar-refractivity contribution in [3.05, 3.63) is 69.2 Å². The molecule has 43 heavy (non-hydrogen) atoms. The Labute approximate surface area is 266 Å². The van der Waals surface area contributed by atoms with Gasteiger partial charge in [0.25, 0.3) is 0 Å². The minimum atomic E-state index is -0.750. The van der Waals surface area contributed by atoms with Crippen LogP contribution in [-0.2, 0) is 20.7 Å². The van der Waals surface area contributed by atoms with Crippen LogP contribution in [0.1, 0.15) is 82.0 Å². The number of aldehydes is 1. The van der Waals surface area contributed by atoms with Crippen LogP contribution in [0, 0.1) is 0 Å². The van der Waals surface area contributed by atoms with Gasteiger partial charge in [-0.15, -0.1) is 0 Å². The van der Waals surface area contributed by atoms with Crippen LogP contribution in [0.3, 0.4) is 0 Å². The number of primary amides is 1. The molecule has 7 N–H and O–H groups in total. The normalized spacial score (nSPS) is 19.3. The lowest BCUT2D eigenvalue weighted by molar-refractivity contribution is -0.107. The van der Waals surface area contributed by atoms with Crippen molar-refractivity contribution in [2.24, 2.45) is 27.4 Å². The molecular weight excluding hydrogens is 589 g/mol. The highest BCUT2D eigenvalue weighted by Gasteiger charge is 2.47. The van der Waals surface area contributed by atoms with Crippen molar-refractivity contribution in [3.63, 3.8) is 0 Å². The number of hydrogen-bond donors (Lipinski definition) is 4. The summed E-state index contributed by atoms with van der Waals surface area (Å²) < 4.78 is 6.05. The minimum absolute atomic E-state index is 0.0427. The van der Waals surface area contributed by atoms with E-state index < -0.39 is 5.66 Å². The van der Waals surface area contributed by atoms with Gasteiger partial charge in [0.2, 0.25) is 6.41 Å². The summed E-state index contributed by atoms with van der Waals surface area (Å²) in [5.74, 6) is 5.64. The van der Waals surface area contributed by atoms with Gasteiger partial charge >= 0.3 is 0 Å². The third kappa shape index (κ3) is 10.9. The van der Waals surface area contributed by atoms with E-state index in [0.29, 0.717) is 33.6 Å². The zero-order valence-electron chi connectivity index (χ0n) is 25.9. The number of nitrogens with one attached hydrogen (secondary N) is 1. The SMILES string of the molecule is CC.CCCC(c1ccc(C/C(N)=N/NN)cc1)N(C)C1(/N=C(\C=O)c2cc(Cl)cc(Cl)c2)CCCCC1OC.NC=O. The zero-order valence-corrected chi connectivity index (χ0v) is 27.4. The molecule has 12 heteroatoms. The highest BCUT2D eigenvalue weighted by molar-refractivity contribution is 6.39. The fourth-order valence-electron chi connectivity index (χ4n) is 5.41. The Morgan fingerprint density at radius 2 is 1.77 bits per heavy atom. The van der Waals surface area contributed by atoms with Crippen LogP contribution in [0.15, 0.2) is 52.6 Å². The molecule has 0 heterocycles. The predicted octanol–water partition coefficient (Wildman–Crippen LogP) is 5.15. The lowest BCUT2D eigenvalue weighted by Crippen LogP contribution is -2.57. The first-order chi connectivity index (χ1) is 20.7. The zero-order chi connectivity index (χ0) is 32.4. The number of amidine groups is 1. The van der Waals surface area contributed by atoms with E-state index in [2.05, 4.69) is 59.5 Å². The molecule has 1 amide bonds. The van der Waals surface area contributed by atoms with E-state index in [4.69, 9.17) is 49.3 Å². The maximum absolute atomic E-state index is 12.4. The average Bonchev–Trinajstić information content (AvgIpc) is 3.00. The summed E-state index contributed by atoms with van der Waals surface area (Å²) in [6.45, 7) is 6.17. The first kappa shape index (κ1) is 38.0. The number of hydrazone groups is 1. The monoisotopic (exact) mass is 635 g/mol. The number of nitrogens with two attached hydrogens (primary N) is 3. The van der Waals surface area contributed by atoms with E-state index in [0.717, 1.165) is 55.9 Å². The second kappa shape index (κ2) is 20.0. The fraction of sp³-hybridized carbons (Fsp3) is 0.484. The van der Waals surface area contributed by atoms with Gasteiger partial charge in [-0.3, -0.25) is 19.5 Å². The van der Waals surface area contributed by atoms with Crippen molar-refractivity contribution in [2.75, 3.05) is 14.2 Å². The number of nitrogens with zero attached hydrogens (tertiary/aromatic N) is 3. The van der Waals surface area contributed by atoms with E-state index in [9.17, 15) is 4.79 Å². The number of carbonyl (C=O) groups is 2. The fourth-order valence-corrected chi connectivity index (χ4v) is 5.94. The molecular formula is C31H47Cl2N7O3. The summed E-state index contributed by atoms with van der Waals surface area (Å²) in [6, 6.07) is 13.5. The number of methoxy groups -OCH3 is 1. The summed E-state index contributed by atoms with van der Waals surface area (Å²) in [4.78, 5) is 28.4. The molecule has 0 aliphatic heterocycles. The Balaban J connectivity index is 0.00000174. The second-order valence-corrected chi connectivity index (χ2v) is 10.7. The summed E-state index contributed by atoms with van der Waals surface area (Å²) >= 11 is 12.5. The van der Waals surface area contributed by atoms with E-state index >= 15 is 0 Å². The van der Waals surface area contributed by atoms with E-state index in [1.165, 1.54) is 0 Å². The largest absolute Gasteiger partial charge is 0.385 e. The number of carbonyl (C=O) groups excluding carboxylic acids is 2. The van der Waals surface area contributed by atoms with Crippen LogP contribution < -0.4 is 22.8 Å². The minimum Gasteiger partial charge on any atom is -0.385 e. The van der Waals surface area contributed by atoms with Crippen molar-refractivity contribution < 1.29 is 14.3 Å². The smallest absolute Gasteiger partial charge is 0.204 e. The number of halogens is 2. The number of aliphatic imine (C=N–C) groups is 1. The first-order valence-electron chi connectivity index (χ1n) is 14.5. The molecule has 1 saturated carbocycles. The quantitative estimate of drug-likeness (QED) is 0.0824. The topological polar surface area (TPSA) is 161 Å². The summed E-state index contributed by atoms with van der Waals surface area (Å²) in [5, 5.41) is 4.74.